The van der Waals surface area contributed by atoms with E-state index >= 15 is 0 Å². The molecule has 1 heterocycles. The van der Waals surface area contributed by atoms with Crippen LogP contribution in [0, 0.1) is 17.8 Å². The molecule has 0 bridgehead atoms. The van der Waals surface area contributed by atoms with Gasteiger partial charge in [0.1, 0.15) is 5.75 Å². The molecule has 1 aliphatic heterocycles. The molecule has 0 unspecified atom stereocenters. The zero-order valence-corrected chi connectivity index (χ0v) is 13.8. The topological polar surface area (TPSA) is 23.5 Å². The first-order valence-corrected chi connectivity index (χ1v) is 9.17. The van der Waals surface area contributed by atoms with Crippen LogP contribution < -0.4 is 0 Å². The van der Waals surface area contributed by atoms with Crippen molar-refractivity contribution >= 4 is 0 Å². The molecular weight excluding hydrogens is 270 g/mol. The van der Waals surface area contributed by atoms with Crippen LogP contribution in [0.25, 0.3) is 0 Å². The molecular formula is C20H29NO. The lowest BCUT2D eigenvalue weighted by atomic mass is 9.57. The van der Waals surface area contributed by atoms with E-state index in [0.717, 1.165) is 17.8 Å². The number of hydrogen-bond donors (Lipinski definition) is 1. The lowest BCUT2D eigenvalue weighted by Crippen LogP contribution is -2.52. The van der Waals surface area contributed by atoms with Crippen molar-refractivity contribution in [2.24, 2.45) is 17.8 Å². The monoisotopic (exact) mass is 299 g/mol. The predicted molar refractivity (Wildman–Crippen MR) is 90.1 cm³/mol. The minimum atomic E-state index is 0.325. The highest BCUT2D eigenvalue weighted by Gasteiger charge is 2.47. The van der Waals surface area contributed by atoms with Gasteiger partial charge in [-0.05, 0) is 80.5 Å². The summed E-state index contributed by atoms with van der Waals surface area (Å²) in [6.45, 7) is 6.28. The highest BCUT2D eigenvalue weighted by atomic mass is 16.3. The molecule has 2 heteroatoms. The molecule has 1 aromatic rings. The number of phenolic OH excluding ortho intramolecular Hbond substituents is 1. The van der Waals surface area contributed by atoms with Crippen LogP contribution in [0.1, 0.15) is 51.0 Å². The number of hydrogen-bond acceptors (Lipinski definition) is 2. The van der Waals surface area contributed by atoms with Crippen LogP contribution in [0.4, 0.5) is 0 Å². The quantitative estimate of drug-likeness (QED) is 0.905. The molecule has 3 fully saturated rings. The molecule has 2 saturated carbocycles. The minimum Gasteiger partial charge on any atom is -0.508 e. The number of benzene rings is 1. The predicted octanol–water partition coefficient (Wildman–Crippen LogP) is 4.18. The van der Waals surface area contributed by atoms with Gasteiger partial charge in [-0.25, -0.2) is 0 Å². The van der Waals surface area contributed by atoms with Gasteiger partial charge in [0.15, 0.2) is 0 Å². The number of piperidine rings is 1. The van der Waals surface area contributed by atoms with E-state index in [0.29, 0.717) is 11.2 Å². The first-order valence-electron chi connectivity index (χ1n) is 9.17. The first kappa shape index (κ1) is 14.6. The Morgan fingerprint density at radius 2 is 2.09 bits per heavy atom. The smallest absolute Gasteiger partial charge is 0.115 e. The van der Waals surface area contributed by atoms with Gasteiger partial charge >= 0.3 is 0 Å². The normalized spacial score (nSPS) is 36.0. The van der Waals surface area contributed by atoms with Crippen LogP contribution in [0.5, 0.6) is 5.75 Å². The molecule has 0 radical (unpaired) electrons. The summed E-state index contributed by atoms with van der Waals surface area (Å²) in [5.74, 6) is 3.06. The van der Waals surface area contributed by atoms with E-state index < -0.39 is 0 Å². The Labute approximate surface area is 134 Å². The van der Waals surface area contributed by atoms with Gasteiger partial charge in [0.2, 0.25) is 0 Å². The second-order valence-corrected chi connectivity index (χ2v) is 8.24. The van der Waals surface area contributed by atoms with Crippen molar-refractivity contribution in [3.63, 3.8) is 0 Å². The SMILES string of the molecule is C[C@H]1CC[C@@]2(c3cccc(O)c3)CCN(CC3CC3)C[C@@H]2C1. The van der Waals surface area contributed by atoms with Crippen molar-refractivity contribution in [2.45, 2.75) is 50.9 Å². The van der Waals surface area contributed by atoms with E-state index in [4.69, 9.17) is 0 Å². The van der Waals surface area contributed by atoms with E-state index in [1.165, 1.54) is 63.7 Å². The number of fused-ring (bicyclic) bond motifs is 1. The lowest BCUT2D eigenvalue weighted by molar-refractivity contribution is 0.0369. The summed E-state index contributed by atoms with van der Waals surface area (Å²) in [4.78, 5) is 2.74. The zero-order valence-electron chi connectivity index (χ0n) is 13.8. The molecule has 120 valence electrons. The molecule has 1 saturated heterocycles. The summed E-state index contributed by atoms with van der Waals surface area (Å²) in [6, 6.07) is 8.15. The number of phenols is 1. The van der Waals surface area contributed by atoms with Crippen LogP contribution in [0.15, 0.2) is 24.3 Å². The van der Waals surface area contributed by atoms with Crippen molar-refractivity contribution in [2.75, 3.05) is 19.6 Å². The molecule has 4 rings (SSSR count). The Morgan fingerprint density at radius 1 is 1.23 bits per heavy atom. The van der Waals surface area contributed by atoms with Gasteiger partial charge in [-0.15, -0.1) is 0 Å². The molecule has 1 aromatic carbocycles. The molecule has 0 amide bonds. The van der Waals surface area contributed by atoms with Gasteiger partial charge in [-0.3, -0.25) is 0 Å². The fourth-order valence-corrected chi connectivity index (χ4v) is 5.05. The summed E-state index contributed by atoms with van der Waals surface area (Å²) in [5.41, 5.74) is 1.72. The second-order valence-electron chi connectivity index (χ2n) is 8.24. The maximum atomic E-state index is 9.95. The second kappa shape index (κ2) is 5.56. The first-order chi connectivity index (χ1) is 10.7. The third-order valence-electron chi connectivity index (χ3n) is 6.54. The van der Waals surface area contributed by atoms with Crippen molar-refractivity contribution in [3.8, 4) is 5.75 Å². The molecule has 0 spiro atoms. The van der Waals surface area contributed by atoms with Crippen LogP contribution >= 0.6 is 0 Å². The van der Waals surface area contributed by atoms with Gasteiger partial charge in [0, 0.05) is 18.5 Å². The number of aromatic hydroxyl groups is 1. The number of nitrogens with zero attached hydrogens (tertiary/aromatic N) is 1. The fraction of sp³-hybridized carbons (Fsp3) is 0.700. The molecule has 2 nitrogen and oxygen atoms in total. The molecule has 1 N–H and O–H groups in total. The van der Waals surface area contributed by atoms with E-state index in [9.17, 15) is 5.11 Å². The summed E-state index contributed by atoms with van der Waals surface area (Å²) >= 11 is 0. The Balaban J connectivity index is 1.60. The van der Waals surface area contributed by atoms with Crippen molar-refractivity contribution in [3.05, 3.63) is 29.8 Å². The maximum Gasteiger partial charge on any atom is 0.115 e. The van der Waals surface area contributed by atoms with Crippen LogP contribution in [0.3, 0.4) is 0 Å². The van der Waals surface area contributed by atoms with Gasteiger partial charge in [-0.1, -0.05) is 19.1 Å². The fourth-order valence-electron chi connectivity index (χ4n) is 5.05. The van der Waals surface area contributed by atoms with E-state index in [1.54, 1.807) is 0 Å². The maximum absolute atomic E-state index is 9.95. The largest absolute Gasteiger partial charge is 0.508 e. The van der Waals surface area contributed by atoms with E-state index in [2.05, 4.69) is 17.9 Å². The summed E-state index contributed by atoms with van der Waals surface area (Å²) < 4.78 is 0. The van der Waals surface area contributed by atoms with Gasteiger partial charge < -0.3 is 10.0 Å². The molecule has 3 atom stereocenters. The Kier molecular flexibility index (Phi) is 3.68. The van der Waals surface area contributed by atoms with Crippen molar-refractivity contribution < 1.29 is 5.11 Å². The Bertz CT molecular complexity index is 538. The highest BCUT2D eigenvalue weighted by molar-refractivity contribution is 5.35. The van der Waals surface area contributed by atoms with Crippen molar-refractivity contribution in [1.29, 1.82) is 0 Å². The van der Waals surface area contributed by atoms with Crippen LogP contribution in [0.2, 0.25) is 0 Å². The van der Waals surface area contributed by atoms with Crippen molar-refractivity contribution in [1.82, 2.24) is 4.90 Å². The van der Waals surface area contributed by atoms with E-state index in [1.807, 2.05) is 18.2 Å². The van der Waals surface area contributed by atoms with Gasteiger partial charge in [0.25, 0.3) is 0 Å². The summed E-state index contributed by atoms with van der Waals surface area (Å²) in [6.07, 6.45) is 8.19. The lowest BCUT2D eigenvalue weighted by Gasteiger charge is -2.52. The zero-order chi connectivity index (χ0) is 15.2. The summed E-state index contributed by atoms with van der Waals surface area (Å²) in [5, 5.41) is 9.95. The Hall–Kier alpha value is -1.02. The third kappa shape index (κ3) is 2.67. The van der Waals surface area contributed by atoms with E-state index in [-0.39, 0.29) is 0 Å². The Morgan fingerprint density at radius 3 is 2.86 bits per heavy atom. The molecule has 22 heavy (non-hydrogen) atoms. The number of rotatable bonds is 3. The molecule has 0 aromatic heterocycles. The third-order valence-corrected chi connectivity index (χ3v) is 6.54. The summed E-state index contributed by atoms with van der Waals surface area (Å²) in [7, 11) is 0. The van der Waals surface area contributed by atoms with Gasteiger partial charge in [-0.2, -0.15) is 0 Å². The minimum absolute atomic E-state index is 0.325. The molecule has 2 aliphatic carbocycles. The number of likely N-dealkylation sites (tertiary alicyclic amines) is 1. The standard InChI is InChI=1S/C20H29NO/c1-15-7-8-20(17-3-2-4-19(22)12-17)9-10-21(13-16-5-6-16)14-18(20)11-15/h2-4,12,15-16,18,22H,5-11,13-14H2,1H3/t15-,18-,20-/m0/s1. The highest BCUT2D eigenvalue weighted by Crippen LogP contribution is 2.51. The van der Waals surface area contributed by atoms with Crippen LogP contribution in [-0.4, -0.2) is 29.6 Å². The average Bonchev–Trinajstić information content (AvgIpc) is 3.31. The van der Waals surface area contributed by atoms with Crippen LogP contribution in [-0.2, 0) is 5.41 Å². The van der Waals surface area contributed by atoms with Gasteiger partial charge in [0.05, 0.1) is 0 Å². The molecule has 3 aliphatic rings. The average molecular weight is 299 g/mol.